The lowest BCUT2D eigenvalue weighted by molar-refractivity contribution is 0.0269. The van der Waals surface area contributed by atoms with Gasteiger partial charge in [0.15, 0.2) is 0 Å². The van der Waals surface area contributed by atoms with E-state index in [9.17, 15) is 4.79 Å². The Labute approximate surface area is 97.1 Å². The van der Waals surface area contributed by atoms with Crippen LogP contribution in [0.25, 0.3) is 0 Å². The van der Waals surface area contributed by atoms with E-state index in [1.807, 2.05) is 13.8 Å². The summed E-state index contributed by atoms with van der Waals surface area (Å²) in [5.74, 6) is 0. The first-order valence-corrected chi connectivity index (χ1v) is 5.46. The molecule has 0 aliphatic heterocycles. The van der Waals surface area contributed by atoms with Crippen LogP contribution in [-0.2, 0) is 9.47 Å². The molecule has 0 saturated carbocycles. The van der Waals surface area contributed by atoms with E-state index in [2.05, 4.69) is 5.32 Å². The van der Waals surface area contributed by atoms with Crippen LogP contribution in [0, 0.1) is 0 Å². The molecule has 2 N–H and O–H groups in total. The molecule has 0 spiro atoms. The second-order valence-electron chi connectivity index (χ2n) is 4.91. The minimum Gasteiger partial charge on any atom is -0.444 e. The molecule has 0 heterocycles. The summed E-state index contributed by atoms with van der Waals surface area (Å²) in [4.78, 5) is 11.4. The minimum absolute atomic E-state index is 0.0643. The number of alkyl carbamates (subject to hydrolysis) is 1. The average molecular weight is 233 g/mol. The van der Waals surface area contributed by atoms with Gasteiger partial charge in [0.2, 0.25) is 0 Å². The van der Waals surface area contributed by atoms with Crippen molar-refractivity contribution in [2.75, 3.05) is 13.2 Å². The third-order valence-electron chi connectivity index (χ3n) is 1.57. The van der Waals surface area contributed by atoms with E-state index in [0.717, 1.165) is 0 Å². The molecular formula is C11H23NO4. The number of aliphatic hydroxyl groups is 1. The van der Waals surface area contributed by atoms with Crippen molar-refractivity contribution in [3.63, 3.8) is 0 Å². The Morgan fingerprint density at radius 3 is 2.31 bits per heavy atom. The molecule has 0 unspecified atom stereocenters. The van der Waals surface area contributed by atoms with Gasteiger partial charge >= 0.3 is 6.09 Å². The zero-order valence-electron chi connectivity index (χ0n) is 10.7. The maximum Gasteiger partial charge on any atom is 0.408 e. The first kappa shape index (κ1) is 15.2. The summed E-state index contributed by atoms with van der Waals surface area (Å²) in [6.07, 6.45) is -0.478. The van der Waals surface area contributed by atoms with Crippen LogP contribution >= 0.6 is 0 Å². The van der Waals surface area contributed by atoms with Crippen molar-refractivity contribution in [1.82, 2.24) is 5.32 Å². The summed E-state index contributed by atoms with van der Waals surface area (Å²) in [7, 11) is 0. The summed E-state index contributed by atoms with van der Waals surface area (Å²) < 4.78 is 10.4. The fourth-order valence-electron chi connectivity index (χ4n) is 0.923. The van der Waals surface area contributed by atoms with Crippen LogP contribution in [0.1, 0.15) is 34.6 Å². The Balaban J connectivity index is 3.97. The van der Waals surface area contributed by atoms with Crippen molar-refractivity contribution in [2.24, 2.45) is 0 Å². The zero-order chi connectivity index (χ0) is 12.8. The molecule has 0 bridgehead atoms. The van der Waals surface area contributed by atoms with Crippen molar-refractivity contribution in [2.45, 2.75) is 52.4 Å². The highest BCUT2D eigenvalue weighted by Crippen LogP contribution is 2.06. The first-order valence-electron chi connectivity index (χ1n) is 5.46. The van der Waals surface area contributed by atoms with Crippen LogP contribution in [0.5, 0.6) is 0 Å². The van der Waals surface area contributed by atoms with Gasteiger partial charge < -0.3 is 19.9 Å². The highest BCUT2D eigenvalue weighted by Gasteiger charge is 2.19. The van der Waals surface area contributed by atoms with Gasteiger partial charge in [-0.1, -0.05) is 0 Å². The molecule has 0 aromatic heterocycles. The smallest absolute Gasteiger partial charge is 0.408 e. The number of aliphatic hydroxyl groups excluding tert-OH is 1. The summed E-state index contributed by atoms with van der Waals surface area (Å²) in [6, 6.07) is -0.433. The number of amides is 1. The molecule has 96 valence electrons. The topological polar surface area (TPSA) is 67.8 Å². The van der Waals surface area contributed by atoms with Gasteiger partial charge in [-0.3, -0.25) is 0 Å². The Morgan fingerprint density at radius 2 is 1.94 bits per heavy atom. The van der Waals surface area contributed by atoms with E-state index in [-0.39, 0.29) is 19.3 Å². The minimum atomic E-state index is -0.543. The van der Waals surface area contributed by atoms with E-state index in [4.69, 9.17) is 14.6 Å². The number of carbonyl (C=O) groups is 1. The average Bonchev–Trinajstić information content (AvgIpc) is 2.08. The number of carbonyl (C=O) groups excluding carboxylic acids is 1. The Bertz CT molecular complexity index is 211. The quantitative estimate of drug-likeness (QED) is 0.751. The van der Waals surface area contributed by atoms with Gasteiger partial charge in [0.05, 0.1) is 25.4 Å². The van der Waals surface area contributed by atoms with Gasteiger partial charge in [0, 0.05) is 0 Å². The largest absolute Gasteiger partial charge is 0.444 e. The van der Waals surface area contributed by atoms with Gasteiger partial charge in [-0.05, 0) is 34.6 Å². The first-order chi connectivity index (χ1) is 7.24. The van der Waals surface area contributed by atoms with Gasteiger partial charge in [-0.25, -0.2) is 4.79 Å². The SMILES string of the molecule is CC(C)OC[C@@H](CO)NC(=O)OC(C)(C)C. The van der Waals surface area contributed by atoms with Crippen LogP contribution in [0.15, 0.2) is 0 Å². The van der Waals surface area contributed by atoms with Gasteiger partial charge in [-0.15, -0.1) is 0 Å². The molecule has 0 rings (SSSR count). The Morgan fingerprint density at radius 1 is 1.38 bits per heavy atom. The maximum absolute atomic E-state index is 11.4. The number of rotatable bonds is 5. The molecule has 0 aliphatic carbocycles. The van der Waals surface area contributed by atoms with Crippen LogP contribution in [-0.4, -0.2) is 42.2 Å². The summed E-state index contributed by atoms with van der Waals surface area (Å²) in [6.45, 7) is 9.23. The fourth-order valence-corrected chi connectivity index (χ4v) is 0.923. The zero-order valence-corrected chi connectivity index (χ0v) is 10.7. The van der Waals surface area contributed by atoms with Crippen molar-refractivity contribution in [3.05, 3.63) is 0 Å². The number of nitrogens with one attached hydrogen (secondary N) is 1. The third kappa shape index (κ3) is 8.49. The lowest BCUT2D eigenvalue weighted by Crippen LogP contribution is -2.43. The molecule has 0 aliphatic rings. The molecule has 5 heteroatoms. The monoisotopic (exact) mass is 233 g/mol. The number of hydrogen-bond acceptors (Lipinski definition) is 4. The normalized spacial score (nSPS) is 13.7. The predicted octanol–water partition coefficient (Wildman–Crippen LogP) is 1.30. The molecule has 0 radical (unpaired) electrons. The third-order valence-corrected chi connectivity index (χ3v) is 1.57. The van der Waals surface area contributed by atoms with E-state index < -0.39 is 17.7 Å². The van der Waals surface area contributed by atoms with E-state index in [0.29, 0.717) is 0 Å². The summed E-state index contributed by atoms with van der Waals surface area (Å²) >= 11 is 0. The standard InChI is InChI=1S/C11H23NO4/c1-8(2)15-7-9(6-13)12-10(14)16-11(3,4)5/h8-9,13H,6-7H2,1-5H3,(H,12,14)/t9-/m1/s1. The molecular weight excluding hydrogens is 210 g/mol. The predicted molar refractivity (Wildman–Crippen MR) is 61.3 cm³/mol. The van der Waals surface area contributed by atoms with E-state index >= 15 is 0 Å². The van der Waals surface area contributed by atoms with Crippen LogP contribution < -0.4 is 5.32 Å². The van der Waals surface area contributed by atoms with Crippen molar-refractivity contribution >= 4 is 6.09 Å². The Kier molecular flexibility index (Phi) is 6.36. The fraction of sp³-hybridized carbons (Fsp3) is 0.909. The highest BCUT2D eigenvalue weighted by atomic mass is 16.6. The number of ether oxygens (including phenoxy) is 2. The second kappa shape index (κ2) is 6.70. The van der Waals surface area contributed by atoms with Crippen molar-refractivity contribution < 1.29 is 19.4 Å². The van der Waals surface area contributed by atoms with E-state index in [1.54, 1.807) is 20.8 Å². The molecule has 5 nitrogen and oxygen atoms in total. The van der Waals surface area contributed by atoms with E-state index in [1.165, 1.54) is 0 Å². The maximum atomic E-state index is 11.4. The molecule has 0 saturated heterocycles. The second-order valence-corrected chi connectivity index (χ2v) is 4.91. The Hall–Kier alpha value is -0.810. The lowest BCUT2D eigenvalue weighted by Gasteiger charge is -2.23. The summed E-state index contributed by atoms with van der Waals surface area (Å²) in [5.41, 5.74) is -0.539. The lowest BCUT2D eigenvalue weighted by atomic mass is 10.2. The van der Waals surface area contributed by atoms with Crippen LogP contribution in [0.4, 0.5) is 4.79 Å². The molecule has 0 aromatic carbocycles. The van der Waals surface area contributed by atoms with Gasteiger partial charge in [0.25, 0.3) is 0 Å². The molecule has 0 aromatic rings. The van der Waals surface area contributed by atoms with Gasteiger partial charge in [0.1, 0.15) is 5.60 Å². The molecule has 0 fully saturated rings. The molecule has 16 heavy (non-hydrogen) atoms. The summed E-state index contributed by atoms with van der Waals surface area (Å²) in [5, 5.41) is 11.6. The van der Waals surface area contributed by atoms with Crippen molar-refractivity contribution in [1.29, 1.82) is 0 Å². The van der Waals surface area contributed by atoms with Crippen LogP contribution in [0.3, 0.4) is 0 Å². The van der Waals surface area contributed by atoms with Crippen molar-refractivity contribution in [3.8, 4) is 0 Å². The molecule has 1 atom stereocenters. The highest BCUT2D eigenvalue weighted by molar-refractivity contribution is 5.68. The molecule has 1 amide bonds. The van der Waals surface area contributed by atoms with Crippen LogP contribution in [0.2, 0.25) is 0 Å². The van der Waals surface area contributed by atoms with Gasteiger partial charge in [-0.2, -0.15) is 0 Å². The number of hydrogen-bond donors (Lipinski definition) is 2.